The quantitative estimate of drug-likeness (QED) is 0.489. The fourth-order valence-electron chi connectivity index (χ4n) is 2.68. The molecule has 0 spiro atoms. The zero-order valence-corrected chi connectivity index (χ0v) is 17.6. The number of rotatable bonds is 6. The van der Waals surface area contributed by atoms with Crippen LogP contribution in [0.25, 0.3) is 0 Å². The molecule has 0 aromatic heterocycles. The molecular formula is C18H23IN2O5. The number of ether oxygens (including phenoxy) is 3. The number of amides is 2. The van der Waals surface area contributed by atoms with Gasteiger partial charge in [-0.1, -0.05) is 0 Å². The van der Waals surface area contributed by atoms with Gasteiger partial charge in [0.15, 0.2) is 11.5 Å². The first kappa shape index (κ1) is 20.3. The Morgan fingerprint density at radius 1 is 1.35 bits per heavy atom. The highest BCUT2D eigenvalue weighted by molar-refractivity contribution is 14.1. The summed E-state index contributed by atoms with van der Waals surface area (Å²) in [6.07, 6.45) is -0.0147. The Balaban J connectivity index is 2.53. The molecule has 0 bridgehead atoms. The van der Waals surface area contributed by atoms with Gasteiger partial charge in [0.25, 0.3) is 0 Å². The van der Waals surface area contributed by atoms with Gasteiger partial charge < -0.3 is 24.8 Å². The Hall–Kier alpha value is -1.97. The van der Waals surface area contributed by atoms with E-state index in [0.717, 1.165) is 3.57 Å². The molecule has 0 unspecified atom stereocenters. The molecule has 0 radical (unpaired) electrons. The lowest BCUT2D eigenvalue weighted by Gasteiger charge is -2.29. The maximum atomic E-state index is 12.4. The maximum Gasteiger partial charge on any atom is 0.338 e. The minimum absolute atomic E-state index is 0.0147. The van der Waals surface area contributed by atoms with E-state index < -0.39 is 12.0 Å². The average Bonchev–Trinajstić information content (AvgIpc) is 2.55. The molecule has 2 amide bonds. The lowest BCUT2D eigenvalue weighted by atomic mass is 9.95. The molecule has 1 aliphatic rings. The number of nitrogens with one attached hydrogen (secondary N) is 2. The van der Waals surface area contributed by atoms with Crippen molar-refractivity contribution in [2.24, 2.45) is 0 Å². The topological polar surface area (TPSA) is 85.9 Å². The first-order chi connectivity index (χ1) is 12.3. The Morgan fingerprint density at radius 2 is 2.04 bits per heavy atom. The second-order valence-corrected chi connectivity index (χ2v) is 7.15. The van der Waals surface area contributed by atoms with Gasteiger partial charge in [0, 0.05) is 5.70 Å². The van der Waals surface area contributed by atoms with Gasteiger partial charge in [-0.3, -0.25) is 0 Å². The van der Waals surface area contributed by atoms with Crippen molar-refractivity contribution in [3.05, 3.63) is 32.5 Å². The summed E-state index contributed by atoms with van der Waals surface area (Å²) in [4.78, 5) is 24.4. The highest BCUT2D eigenvalue weighted by atomic mass is 127. The minimum atomic E-state index is -0.640. The van der Waals surface area contributed by atoms with Crippen LogP contribution in [0.2, 0.25) is 0 Å². The molecule has 8 heteroatoms. The normalized spacial score (nSPS) is 16.9. The third-order valence-corrected chi connectivity index (χ3v) is 4.50. The predicted octanol–water partition coefficient (Wildman–Crippen LogP) is 3.28. The van der Waals surface area contributed by atoms with E-state index in [0.29, 0.717) is 28.3 Å². The van der Waals surface area contributed by atoms with Crippen LogP contribution >= 0.6 is 22.6 Å². The van der Waals surface area contributed by atoms with E-state index in [1.165, 1.54) is 0 Å². The number of methoxy groups -OCH3 is 1. The SMILES string of the molecule is CCOC(=O)C1=C(C)NC(=O)N[C@H]1c1cc(I)c(OC(C)C)c(OC)c1. The van der Waals surface area contributed by atoms with E-state index in [9.17, 15) is 9.59 Å². The minimum Gasteiger partial charge on any atom is -0.493 e. The van der Waals surface area contributed by atoms with Crippen molar-refractivity contribution in [1.29, 1.82) is 0 Å². The molecule has 0 saturated carbocycles. The number of carbonyl (C=O) groups excluding carboxylic acids is 2. The number of urea groups is 1. The molecule has 1 aromatic carbocycles. The van der Waals surface area contributed by atoms with Crippen LogP contribution in [0.15, 0.2) is 23.4 Å². The van der Waals surface area contributed by atoms with Gasteiger partial charge in [-0.05, 0) is 68.0 Å². The summed E-state index contributed by atoms with van der Waals surface area (Å²) in [5, 5.41) is 5.40. The molecular weight excluding hydrogens is 451 g/mol. The summed E-state index contributed by atoms with van der Waals surface area (Å²) in [6.45, 7) is 7.53. The van der Waals surface area contributed by atoms with Crippen LogP contribution in [0.3, 0.4) is 0 Å². The first-order valence-electron chi connectivity index (χ1n) is 8.27. The summed E-state index contributed by atoms with van der Waals surface area (Å²) in [6, 6.07) is 2.61. The van der Waals surface area contributed by atoms with Crippen molar-refractivity contribution >= 4 is 34.6 Å². The van der Waals surface area contributed by atoms with Crippen molar-refractivity contribution < 1.29 is 23.8 Å². The van der Waals surface area contributed by atoms with Gasteiger partial charge >= 0.3 is 12.0 Å². The number of hydrogen-bond acceptors (Lipinski definition) is 5. The molecule has 2 rings (SSSR count). The lowest BCUT2D eigenvalue weighted by Crippen LogP contribution is -2.45. The van der Waals surface area contributed by atoms with Crippen molar-refractivity contribution in [2.45, 2.75) is 39.8 Å². The Labute approximate surface area is 166 Å². The van der Waals surface area contributed by atoms with Gasteiger partial charge in [-0.2, -0.15) is 0 Å². The van der Waals surface area contributed by atoms with E-state index in [4.69, 9.17) is 14.2 Å². The lowest BCUT2D eigenvalue weighted by molar-refractivity contribution is -0.139. The molecule has 1 heterocycles. The second kappa shape index (κ2) is 8.61. The zero-order chi connectivity index (χ0) is 19.4. The molecule has 2 N–H and O–H groups in total. The van der Waals surface area contributed by atoms with Gasteiger partial charge in [-0.25, -0.2) is 9.59 Å². The number of hydrogen-bond donors (Lipinski definition) is 2. The Bertz CT molecular complexity index is 745. The van der Waals surface area contributed by atoms with Crippen LogP contribution in [0.1, 0.15) is 39.3 Å². The zero-order valence-electron chi connectivity index (χ0n) is 15.4. The number of benzene rings is 1. The van der Waals surface area contributed by atoms with Crippen LogP contribution in [0.5, 0.6) is 11.5 Å². The van der Waals surface area contributed by atoms with Crippen LogP contribution in [0, 0.1) is 3.57 Å². The highest BCUT2D eigenvalue weighted by Crippen LogP contribution is 2.38. The van der Waals surface area contributed by atoms with Crippen LogP contribution in [0.4, 0.5) is 4.79 Å². The average molecular weight is 474 g/mol. The van der Waals surface area contributed by atoms with Crippen molar-refractivity contribution in [3.8, 4) is 11.5 Å². The number of allylic oxidation sites excluding steroid dienone is 1. The molecule has 142 valence electrons. The summed E-state index contributed by atoms with van der Waals surface area (Å²) in [5.41, 5.74) is 1.54. The predicted molar refractivity (Wildman–Crippen MR) is 105 cm³/mol. The summed E-state index contributed by atoms with van der Waals surface area (Å²) < 4.78 is 17.3. The maximum absolute atomic E-state index is 12.4. The fraction of sp³-hybridized carbons (Fsp3) is 0.444. The number of carbonyl (C=O) groups is 2. The van der Waals surface area contributed by atoms with Gasteiger partial charge in [0.1, 0.15) is 0 Å². The van der Waals surface area contributed by atoms with Gasteiger partial charge in [0.2, 0.25) is 0 Å². The second-order valence-electron chi connectivity index (χ2n) is 5.99. The van der Waals surface area contributed by atoms with Crippen LogP contribution < -0.4 is 20.1 Å². The van der Waals surface area contributed by atoms with Crippen LogP contribution in [-0.4, -0.2) is 31.8 Å². The van der Waals surface area contributed by atoms with Crippen molar-refractivity contribution in [3.63, 3.8) is 0 Å². The molecule has 1 atom stereocenters. The van der Waals surface area contributed by atoms with Gasteiger partial charge in [0.05, 0.1) is 35.0 Å². The number of halogens is 1. The fourth-order valence-corrected chi connectivity index (χ4v) is 3.43. The van der Waals surface area contributed by atoms with Crippen molar-refractivity contribution in [1.82, 2.24) is 10.6 Å². The Kier molecular flexibility index (Phi) is 6.74. The van der Waals surface area contributed by atoms with Gasteiger partial charge in [-0.15, -0.1) is 0 Å². The smallest absolute Gasteiger partial charge is 0.338 e. The third kappa shape index (κ3) is 4.40. The molecule has 1 aromatic rings. The Morgan fingerprint density at radius 3 is 2.62 bits per heavy atom. The van der Waals surface area contributed by atoms with Crippen LogP contribution in [-0.2, 0) is 9.53 Å². The number of esters is 1. The standard InChI is InChI=1S/C18H23IN2O5/c1-6-25-17(22)14-10(4)20-18(23)21-15(14)11-7-12(19)16(26-9(2)3)13(8-11)24-5/h7-9,15H,6H2,1-5H3,(H2,20,21,23)/t15-/m0/s1. The summed E-state index contributed by atoms with van der Waals surface area (Å²) in [7, 11) is 1.55. The molecule has 0 saturated heterocycles. The van der Waals surface area contributed by atoms with E-state index in [-0.39, 0.29) is 18.7 Å². The molecule has 26 heavy (non-hydrogen) atoms. The largest absolute Gasteiger partial charge is 0.493 e. The van der Waals surface area contributed by atoms with Crippen molar-refractivity contribution in [2.75, 3.05) is 13.7 Å². The molecule has 1 aliphatic heterocycles. The molecule has 0 fully saturated rings. The summed E-state index contributed by atoms with van der Waals surface area (Å²) >= 11 is 2.15. The third-order valence-electron chi connectivity index (χ3n) is 3.70. The van der Waals surface area contributed by atoms with E-state index in [1.807, 2.05) is 19.9 Å². The highest BCUT2D eigenvalue weighted by Gasteiger charge is 2.33. The molecule has 0 aliphatic carbocycles. The monoisotopic (exact) mass is 474 g/mol. The first-order valence-corrected chi connectivity index (χ1v) is 9.35. The van der Waals surface area contributed by atoms with E-state index in [2.05, 4.69) is 33.2 Å². The van der Waals surface area contributed by atoms with E-state index >= 15 is 0 Å². The molecule has 7 nitrogen and oxygen atoms in total. The summed E-state index contributed by atoms with van der Waals surface area (Å²) in [5.74, 6) is 0.693. The van der Waals surface area contributed by atoms with E-state index in [1.54, 1.807) is 27.0 Å².